The molecule has 4 aromatic rings. The number of fused-ring (bicyclic) bond motifs is 4. The molecule has 204 valence electrons. The van der Waals surface area contributed by atoms with Crippen LogP contribution in [-0.2, 0) is 12.7 Å². The summed E-state index contributed by atoms with van der Waals surface area (Å²) in [5.74, 6) is -0.0494. The molecule has 8 nitrogen and oxygen atoms in total. The van der Waals surface area contributed by atoms with Gasteiger partial charge in [0.25, 0.3) is 0 Å². The van der Waals surface area contributed by atoms with Gasteiger partial charge in [0.05, 0.1) is 25.0 Å². The molecule has 2 bridgehead atoms. The highest BCUT2D eigenvalue weighted by molar-refractivity contribution is 5.79. The minimum atomic E-state index is -4.67. The first kappa shape index (κ1) is 25.6. The minimum absolute atomic E-state index is 0.0187. The third kappa shape index (κ3) is 4.81. The van der Waals surface area contributed by atoms with Crippen LogP contribution in [0.25, 0.3) is 22.6 Å². The summed E-state index contributed by atoms with van der Waals surface area (Å²) >= 11 is 0. The molecular weight excluding hydrogens is 514 g/mol. The van der Waals surface area contributed by atoms with Crippen molar-refractivity contribution in [1.29, 1.82) is 0 Å². The lowest BCUT2D eigenvalue weighted by Gasteiger charge is -2.44. The van der Waals surface area contributed by atoms with Gasteiger partial charge in [-0.2, -0.15) is 23.1 Å². The number of imidazole rings is 1. The number of hydrogen-bond donors (Lipinski definition) is 0. The van der Waals surface area contributed by atoms with Crippen molar-refractivity contribution in [2.45, 2.75) is 45.3 Å². The SMILES string of the molecule is CCOc1nc(C)c2nc(-c3cncc(F)c3)n(Cc3ccc(C4CN5CCC4CC5)nc3C(F)(F)F)c2n1. The molecule has 0 aromatic carbocycles. The van der Waals surface area contributed by atoms with Gasteiger partial charge in [0.2, 0.25) is 0 Å². The lowest BCUT2D eigenvalue weighted by atomic mass is 9.77. The fourth-order valence-corrected chi connectivity index (χ4v) is 5.76. The maximum absolute atomic E-state index is 14.4. The number of hydrogen-bond acceptors (Lipinski definition) is 7. The van der Waals surface area contributed by atoms with Gasteiger partial charge in [-0.05, 0) is 57.8 Å². The van der Waals surface area contributed by atoms with Crippen LogP contribution in [0.4, 0.5) is 17.6 Å². The highest BCUT2D eigenvalue weighted by Gasteiger charge is 2.40. The summed E-state index contributed by atoms with van der Waals surface area (Å²) in [5, 5.41) is 0. The molecule has 3 fully saturated rings. The molecule has 0 aliphatic carbocycles. The molecule has 39 heavy (non-hydrogen) atoms. The molecule has 4 aromatic heterocycles. The molecule has 1 unspecified atom stereocenters. The average molecular weight is 542 g/mol. The molecule has 0 saturated carbocycles. The first-order chi connectivity index (χ1) is 18.7. The lowest BCUT2D eigenvalue weighted by Crippen LogP contribution is -2.46. The van der Waals surface area contributed by atoms with Gasteiger partial charge in [0.1, 0.15) is 22.9 Å². The molecule has 3 saturated heterocycles. The standard InChI is InChI=1S/C27H27F4N7O/c1-3-39-26-33-15(2)22-25(36-26)38(24(35-22)18-10-19(28)12-32-11-18)13-17-4-5-21(34-23(17)27(29,30)31)20-14-37-8-6-16(20)7-9-37/h4-5,10-12,16,20H,3,6-9,13-14H2,1-2H3. The van der Waals surface area contributed by atoms with Gasteiger partial charge in [-0.3, -0.25) is 4.98 Å². The molecule has 12 heteroatoms. The third-order valence-corrected chi connectivity index (χ3v) is 7.62. The van der Waals surface area contributed by atoms with Crippen LogP contribution in [0, 0.1) is 18.7 Å². The first-order valence-electron chi connectivity index (χ1n) is 13.0. The van der Waals surface area contributed by atoms with Gasteiger partial charge >= 0.3 is 12.2 Å². The van der Waals surface area contributed by atoms with Crippen molar-refractivity contribution < 1.29 is 22.3 Å². The monoisotopic (exact) mass is 541 g/mol. The van der Waals surface area contributed by atoms with Crippen molar-refractivity contribution in [1.82, 2.24) is 34.4 Å². The minimum Gasteiger partial charge on any atom is -0.464 e. The third-order valence-electron chi connectivity index (χ3n) is 7.62. The van der Waals surface area contributed by atoms with Crippen molar-refractivity contribution >= 4 is 11.2 Å². The van der Waals surface area contributed by atoms with Crippen LogP contribution < -0.4 is 4.74 Å². The Bertz CT molecular complexity index is 1530. The van der Waals surface area contributed by atoms with Crippen LogP contribution in [0.2, 0.25) is 0 Å². The Morgan fingerprint density at radius 1 is 1.05 bits per heavy atom. The topological polar surface area (TPSA) is 81.9 Å². The van der Waals surface area contributed by atoms with Crippen molar-refractivity contribution in [3.8, 4) is 17.4 Å². The van der Waals surface area contributed by atoms with Gasteiger partial charge in [0, 0.05) is 35.5 Å². The van der Waals surface area contributed by atoms with Gasteiger partial charge < -0.3 is 14.2 Å². The molecule has 0 amide bonds. The predicted octanol–water partition coefficient (Wildman–Crippen LogP) is 5.01. The molecule has 7 heterocycles. The molecule has 3 aliphatic heterocycles. The van der Waals surface area contributed by atoms with Crippen LogP contribution in [0.15, 0.2) is 30.6 Å². The van der Waals surface area contributed by atoms with E-state index in [1.54, 1.807) is 19.9 Å². The number of pyridine rings is 2. The first-order valence-corrected chi connectivity index (χ1v) is 13.0. The Hall–Kier alpha value is -3.67. The van der Waals surface area contributed by atoms with Gasteiger partial charge in [0.15, 0.2) is 5.65 Å². The largest absolute Gasteiger partial charge is 0.464 e. The molecule has 7 rings (SSSR count). The number of ether oxygens (including phenoxy) is 1. The van der Waals surface area contributed by atoms with E-state index in [1.165, 1.54) is 22.9 Å². The molecule has 1 atom stereocenters. The second kappa shape index (κ2) is 9.82. The summed E-state index contributed by atoms with van der Waals surface area (Å²) in [7, 11) is 0. The van der Waals surface area contributed by atoms with E-state index in [4.69, 9.17) is 4.74 Å². The van der Waals surface area contributed by atoms with Gasteiger partial charge in [-0.15, -0.1) is 0 Å². The zero-order chi connectivity index (χ0) is 27.3. The van der Waals surface area contributed by atoms with Crippen LogP contribution >= 0.6 is 0 Å². The Balaban J connectivity index is 1.48. The van der Waals surface area contributed by atoms with Crippen LogP contribution in [0.5, 0.6) is 6.01 Å². The number of nitrogens with zero attached hydrogens (tertiary/aromatic N) is 7. The summed E-state index contributed by atoms with van der Waals surface area (Å²) in [6.45, 7) is 6.26. The van der Waals surface area contributed by atoms with Crippen molar-refractivity contribution in [2.75, 3.05) is 26.2 Å². The Morgan fingerprint density at radius 2 is 1.85 bits per heavy atom. The highest BCUT2D eigenvalue weighted by atomic mass is 19.4. The molecule has 0 N–H and O–H groups in total. The number of halogens is 4. The fourth-order valence-electron chi connectivity index (χ4n) is 5.76. The quantitative estimate of drug-likeness (QED) is 0.318. The summed E-state index contributed by atoms with van der Waals surface area (Å²) in [5.41, 5.74) is 0.949. The van der Waals surface area contributed by atoms with Crippen LogP contribution in [-0.4, -0.2) is 60.6 Å². The van der Waals surface area contributed by atoms with E-state index < -0.39 is 17.7 Å². The molecule has 0 spiro atoms. The summed E-state index contributed by atoms with van der Waals surface area (Å²) < 4.78 is 64.4. The van der Waals surface area contributed by atoms with E-state index in [-0.39, 0.29) is 35.5 Å². The second-order valence-corrected chi connectivity index (χ2v) is 10.1. The Kier molecular flexibility index (Phi) is 6.44. The average Bonchev–Trinajstić information content (AvgIpc) is 3.28. The smallest absolute Gasteiger partial charge is 0.433 e. The van der Waals surface area contributed by atoms with E-state index in [2.05, 4.69) is 29.8 Å². The van der Waals surface area contributed by atoms with Crippen molar-refractivity contribution in [3.05, 3.63) is 59.1 Å². The van der Waals surface area contributed by atoms with Crippen molar-refractivity contribution in [3.63, 3.8) is 0 Å². The number of aryl methyl sites for hydroxylation is 1. The molecule has 3 aliphatic rings. The second-order valence-electron chi connectivity index (χ2n) is 10.1. The van der Waals surface area contributed by atoms with Gasteiger partial charge in [-0.1, -0.05) is 6.07 Å². The van der Waals surface area contributed by atoms with Crippen LogP contribution in [0.1, 0.15) is 48.3 Å². The summed E-state index contributed by atoms with van der Waals surface area (Å²) in [6, 6.07) is 4.53. The highest BCUT2D eigenvalue weighted by Crippen LogP contribution is 2.40. The van der Waals surface area contributed by atoms with E-state index >= 15 is 0 Å². The zero-order valence-corrected chi connectivity index (χ0v) is 21.5. The van der Waals surface area contributed by atoms with Crippen molar-refractivity contribution in [2.24, 2.45) is 5.92 Å². The zero-order valence-electron chi connectivity index (χ0n) is 21.5. The number of alkyl halides is 3. The maximum Gasteiger partial charge on any atom is 0.433 e. The van der Waals surface area contributed by atoms with E-state index in [1.807, 2.05) is 0 Å². The van der Waals surface area contributed by atoms with E-state index in [9.17, 15) is 17.6 Å². The number of piperidine rings is 3. The summed E-state index contributed by atoms with van der Waals surface area (Å²) in [4.78, 5) is 23.8. The normalized spacial score (nSPS) is 21.0. The molecule has 0 radical (unpaired) electrons. The van der Waals surface area contributed by atoms with E-state index in [0.717, 1.165) is 38.7 Å². The predicted molar refractivity (Wildman–Crippen MR) is 135 cm³/mol. The number of rotatable bonds is 6. The fraction of sp³-hybridized carbons (Fsp3) is 0.444. The maximum atomic E-state index is 14.4. The Morgan fingerprint density at radius 3 is 2.51 bits per heavy atom. The van der Waals surface area contributed by atoms with Crippen LogP contribution in [0.3, 0.4) is 0 Å². The lowest BCUT2D eigenvalue weighted by molar-refractivity contribution is -0.142. The van der Waals surface area contributed by atoms with E-state index in [0.29, 0.717) is 35.0 Å². The summed E-state index contributed by atoms with van der Waals surface area (Å²) in [6.07, 6.45) is -0.261. The van der Waals surface area contributed by atoms with Gasteiger partial charge in [-0.25, -0.2) is 14.4 Å². The number of aromatic nitrogens is 6. The Labute approximate surface area is 222 Å². The molecular formula is C27H27F4N7O.